The van der Waals surface area contributed by atoms with Gasteiger partial charge in [0.25, 0.3) is 0 Å². The largest absolute Gasteiger partial charge is 0.356 e. The van der Waals surface area contributed by atoms with Crippen molar-refractivity contribution in [2.75, 3.05) is 6.54 Å². The highest BCUT2D eigenvalue weighted by Gasteiger charge is 2.20. The Kier molecular flexibility index (Phi) is 3.32. The van der Waals surface area contributed by atoms with Gasteiger partial charge in [-0.25, -0.2) is 0 Å². The second-order valence-electron chi connectivity index (χ2n) is 3.63. The molecule has 1 N–H and O–H groups in total. The van der Waals surface area contributed by atoms with Crippen LogP contribution in [-0.2, 0) is 4.79 Å². The van der Waals surface area contributed by atoms with Crippen molar-refractivity contribution in [3.05, 3.63) is 12.2 Å². The molecule has 0 bridgehead atoms. The third-order valence-electron chi connectivity index (χ3n) is 2.32. The van der Waals surface area contributed by atoms with Crippen molar-refractivity contribution >= 4 is 5.91 Å². The van der Waals surface area contributed by atoms with E-state index >= 15 is 0 Å². The van der Waals surface area contributed by atoms with Gasteiger partial charge in [0.05, 0.1) is 0 Å². The molecule has 1 aliphatic rings. The third kappa shape index (κ3) is 2.68. The summed E-state index contributed by atoms with van der Waals surface area (Å²) in [6, 6.07) is 0. The molecule has 2 nitrogen and oxygen atoms in total. The van der Waals surface area contributed by atoms with E-state index in [-0.39, 0.29) is 11.8 Å². The molecule has 2 heteroatoms. The van der Waals surface area contributed by atoms with Crippen LogP contribution in [0.1, 0.15) is 32.6 Å². The van der Waals surface area contributed by atoms with Crippen LogP contribution in [0.2, 0.25) is 0 Å². The Bertz CT molecular complexity index is 186. The molecule has 0 aromatic heterocycles. The fraction of sp³-hybridized carbons (Fsp3) is 0.700. The SMILES string of the molecule is C=C(C)CCC1CCCNC1=O. The van der Waals surface area contributed by atoms with Crippen LogP contribution in [0.4, 0.5) is 0 Å². The van der Waals surface area contributed by atoms with Crippen LogP contribution < -0.4 is 5.32 Å². The van der Waals surface area contributed by atoms with Crippen molar-refractivity contribution in [3.63, 3.8) is 0 Å². The van der Waals surface area contributed by atoms with Gasteiger partial charge in [-0.05, 0) is 32.6 Å². The average Bonchev–Trinajstić information content (AvgIpc) is 2.03. The molecule has 1 heterocycles. The second kappa shape index (κ2) is 4.29. The Morgan fingerprint density at radius 1 is 1.75 bits per heavy atom. The van der Waals surface area contributed by atoms with E-state index in [0.29, 0.717) is 0 Å². The van der Waals surface area contributed by atoms with E-state index in [1.165, 1.54) is 5.57 Å². The quantitative estimate of drug-likeness (QED) is 0.639. The first-order valence-corrected chi connectivity index (χ1v) is 4.62. The van der Waals surface area contributed by atoms with E-state index in [4.69, 9.17) is 0 Å². The van der Waals surface area contributed by atoms with Crippen molar-refractivity contribution in [2.24, 2.45) is 5.92 Å². The molecule has 1 fully saturated rings. The Balaban J connectivity index is 2.29. The minimum atomic E-state index is 0.238. The van der Waals surface area contributed by atoms with Gasteiger partial charge in [0, 0.05) is 12.5 Å². The zero-order valence-electron chi connectivity index (χ0n) is 7.73. The van der Waals surface area contributed by atoms with Gasteiger partial charge in [-0.1, -0.05) is 5.57 Å². The number of piperidine rings is 1. The predicted octanol–water partition coefficient (Wildman–Crippen LogP) is 1.87. The third-order valence-corrected chi connectivity index (χ3v) is 2.32. The summed E-state index contributed by atoms with van der Waals surface area (Å²) in [5, 5.41) is 2.89. The Hall–Kier alpha value is -0.790. The van der Waals surface area contributed by atoms with E-state index in [1.807, 2.05) is 6.92 Å². The average molecular weight is 167 g/mol. The van der Waals surface area contributed by atoms with Crippen LogP contribution in [0.3, 0.4) is 0 Å². The van der Waals surface area contributed by atoms with Crippen LogP contribution in [0.25, 0.3) is 0 Å². The van der Waals surface area contributed by atoms with Crippen molar-refractivity contribution in [1.82, 2.24) is 5.32 Å². The Labute approximate surface area is 74.0 Å². The van der Waals surface area contributed by atoms with Crippen molar-refractivity contribution < 1.29 is 4.79 Å². The van der Waals surface area contributed by atoms with E-state index < -0.39 is 0 Å². The summed E-state index contributed by atoms with van der Waals surface area (Å²) in [7, 11) is 0. The number of carbonyl (C=O) groups is 1. The van der Waals surface area contributed by atoms with Gasteiger partial charge in [0.2, 0.25) is 5.91 Å². The summed E-state index contributed by atoms with van der Waals surface area (Å²) in [6.45, 7) is 6.71. The zero-order valence-corrected chi connectivity index (χ0v) is 7.73. The second-order valence-corrected chi connectivity index (χ2v) is 3.63. The molecule has 68 valence electrons. The Morgan fingerprint density at radius 3 is 3.08 bits per heavy atom. The highest BCUT2D eigenvalue weighted by atomic mass is 16.1. The first-order chi connectivity index (χ1) is 5.70. The van der Waals surface area contributed by atoms with Crippen LogP contribution in [0, 0.1) is 5.92 Å². The molecule has 1 atom stereocenters. The summed E-state index contributed by atoms with van der Waals surface area (Å²) in [4.78, 5) is 11.3. The fourth-order valence-electron chi connectivity index (χ4n) is 1.53. The lowest BCUT2D eigenvalue weighted by Crippen LogP contribution is -2.36. The summed E-state index contributed by atoms with van der Waals surface area (Å²) < 4.78 is 0. The molecular formula is C10H17NO. The molecule has 1 aliphatic heterocycles. The van der Waals surface area contributed by atoms with Crippen LogP contribution >= 0.6 is 0 Å². The molecule has 0 aromatic carbocycles. The summed E-state index contributed by atoms with van der Waals surface area (Å²) in [5.74, 6) is 0.484. The van der Waals surface area contributed by atoms with Gasteiger partial charge in [-0.2, -0.15) is 0 Å². The molecule has 1 saturated heterocycles. The van der Waals surface area contributed by atoms with Crippen LogP contribution in [0.5, 0.6) is 0 Å². The summed E-state index contributed by atoms with van der Waals surface area (Å²) in [6.07, 6.45) is 4.14. The van der Waals surface area contributed by atoms with E-state index in [0.717, 1.165) is 32.2 Å². The normalized spacial score (nSPS) is 23.4. The number of hydrogen-bond donors (Lipinski definition) is 1. The van der Waals surface area contributed by atoms with Gasteiger partial charge in [-0.3, -0.25) is 4.79 Å². The Morgan fingerprint density at radius 2 is 2.50 bits per heavy atom. The van der Waals surface area contributed by atoms with Crippen molar-refractivity contribution in [2.45, 2.75) is 32.6 Å². The highest BCUT2D eigenvalue weighted by molar-refractivity contribution is 5.79. The maximum absolute atomic E-state index is 11.3. The molecular weight excluding hydrogens is 150 g/mol. The van der Waals surface area contributed by atoms with Gasteiger partial charge < -0.3 is 5.32 Å². The molecule has 0 aliphatic carbocycles. The number of carbonyl (C=O) groups excluding carboxylic acids is 1. The fourth-order valence-corrected chi connectivity index (χ4v) is 1.53. The van der Waals surface area contributed by atoms with Crippen molar-refractivity contribution in [3.8, 4) is 0 Å². The number of amides is 1. The number of rotatable bonds is 3. The topological polar surface area (TPSA) is 29.1 Å². The molecule has 1 rings (SSSR count). The van der Waals surface area contributed by atoms with Crippen LogP contribution in [-0.4, -0.2) is 12.5 Å². The molecule has 12 heavy (non-hydrogen) atoms. The van der Waals surface area contributed by atoms with Gasteiger partial charge in [0.1, 0.15) is 0 Å². The van der Waals surface area contributed by atoms with Gasteiger partial charge >= 0.3 is 0 Å². The number of allylic oxidation sites excluding steroid dienone is 1. The first-order valence-electron chi connectivity index (χ1n) is 4.62. The maximum atomic E-state index is 11.3. The molecule has 0 aromatic rings. The smallest absolute Gasteiger partial charge is 0.223 e. The van der Waals surface area contributed by atoms with E-state index in [9.17, 15) is 4.79 Å². The number of hydrogen-bond acceptors (Lipinski definition) is 1. The monoisotopic (exact) mass is 167 g/mol. The summed E-state index contributed by atoms with van der Waals surface area (Å²) >= 11 is 0. The zero-order chi connectivity index (χ0) is 8.97. The first kappa shape index (κ1) is 9.30. The van der Waals surface area contributed by atoms with Crippen LogP contribution in [0.15, 0.2) is 12.2 Å². The predicted molar refractivity (Wildman–Crippen MR) is 49.8 cm³/mol. The van der Waals surface area contributed by atoms with Crippen molar-refractivity contribution in [1.29, 1.82) is 0 Å². The number of nitrogens with one attached hydrogen (secondary N) is 1. The summed E-state index contributed by atoms with van der Waals surface area (Å²) in [5.41, 5.74) is 1.17. The van der Waals surface area contributed by atoms with Gasteiger partial charge in [-0.15, -0.1) is 6.58 Å². The van der Waals surface area contributed by atoms with E-state index in [2.05, 4.69) is 11.9 Å². The van der Waals surface area contributed by atoms with E-state index in [1.54, 1.807) is 0 Å². The molecule has 0 saturated carbocycles. The molecule has 0 radical (unpaired) electrons. The minimum Gasteiger partial charge on any atom is -0.356 e. The lowest BCUT2D eigenvalue weighted by Gasteiger charge is -2.21. The molecule has 0 spiro atoms. The maximum Gasteiger partial charge on any atom is 0.223 e. The molecule has 1 amide bonds. The molecule has 1 unspecified atom stereocenters. The lowest BCUT2D eigenvalue weighted by atomic mass is 9.92. The standard InChI is InChI=1S/C10H17NO/c1-8(2)5-6-9-4-3-7-11-10(9)12/h9H,1,3-7H2,2H3,(H,11,12). The minimum absolute atomic E-state index is 0.238. The lowest BCUT2D eigenvalue weighted by molar-refractivity contribution is -0.126. The highest BCUT2D eigenvalue weighted by Crippen LogP contribution is 2.18. The van der Waals surface area contributed by atoms with Gasteiger partial charge in [0.15, 0.2) is 0 Å².